The van der Waals surface area contributed by atoms with E-state index in [1.54, 1.807) is 42.7 Å². The van der Waals surface area contributed by atoms with Crippen molar-refractivity contribution in [2.75, 3.05) is 0 Å². The molecule has 0 saturated carbocycles. The highest BCUT2D eigenvalue weighted by atomic mass is 16.5. The van der Waals surface area contributed by atoms with Crippen molar-refractivity contribution in [1.29, 1.82) is 0 Å². The summed E-state index contributed by atoms with van der Waals surface area (Å²) in [4.78, 5) is 30.5. The molecule has 5 aromatic rings. The van der Waals surface area contributed by atoms with Gasteiger partial charge in [0.05, 0.1) is 35.6 Å². The van der Waals surface area contributed by atoms with Crippen LogP contribution in [0, 0.1) is 0 Å². The Labute approximate surface area is 182 Å². The second-order valence-electron chi connectivity index (χ2n) is 7.12. The average Bonchev–Trinajstić information content (AvgIpc) is 3.52. The van der Waals surface area contributed by atoms with Gasteiger partial charge >= 0.3 is 5.97 Å². The van der Waals surface area contributed by atoms with E-state index in [0.29, 0.717) is 33.7 Å². The lowest BCUT2D eigenvalue weighted by atomic mass is 10.1. The zero-order valence-electron chi connectivity index (χ0n) is 16.9. The molecule has 0 radical (unpaired) electrons. The molecule has 0 aliphatic rings. The minimum Gasteiger partial charge on any atom is -0.467 e. The SMILES string of the molecule is O=C(OCc1nc2ccccc2c(=O)n1Cc1ccco1)c1cn[nH]c1-c1ccccc1. The third kappa shape index (κ3) is 3.69. The Hall–Kier alpha value is -4.46. The molecule has 0 unspecified atom stereocenters. The number of aromatic nitrogens is 4. The molecule has 2 aromatic carbocycles. The topological polar surface area (TPSA) is 103 Å². The van der Waals surface area contributed by atoms with Crippen LogP contribution in [0.5, 0.6) is 0 Å². The molecule has 0 aliphatic carbocycles. The molecule has 32 heavy (non-hydrogen) atoms. The number of hydrogen-bond acceptors (Lipinski definition) is 6. The standard InChI is InChI=1S/C24H18N4O4/c29-23-18-10-4-5-11-20(18)26-21(28(23)14-17-9-6-12-31-17)15-32-24(30)19-13-25-27-22(19)16-7-2-1-3-8-16/h1-13H,14-15H2,(H,25,27). The number of benzene rings is 2. The molecule has 3 heterocycles. The number of fused-ring (bicyclic) bond motifs is 1. The molecule has 0 spiro atoms. The summed E-state index contributed by atoms with van der Waals surface area (Å²) in [6.07, 6.45) is 2.97. The normalized spacial score (nSPS) is 11.0. The van der Waals surface area contributed by atoms with Crippen molar-refractivity contribution < 1.29 is 13.9 Å². The quantitative estimate of drug-likeness (QED) is 0.415. The van der Waals surface area contributed by atoms with E-state index < -0.39 is 5.97 Å². The number of carbonyl (C=O) groups excluding carboxylic acids is 1. The van der Waals surface area contributed by atoms with Gasteiger partial charge in [0.25, 0.3) is 5.56 Å². The number of carbonyl (C=O) groups is 1. The fourth-order valence-electron chi connectivity index (χ4n) is 3.52. The fourth-order valence-corrected chi connectivity index (χ4v) is 3.52. The molecule has 0 atom stereocenters. The molecule has 0 amide bonds. The van der Waals surface area contributed by atoms with Gasteiger partial charge in [-0.05, 0) is 24.3 Å². The number of hydrogen-bond donors (Lipinski definition) is 1. The monoisotopic (exact) mass is 426 g/mol. The van der Waals surface area contributed by atoms with Gasteiger partial charge in [-0.3, -0.25) is 14.5 Å². The first-order chi connectivity index (χ1) is 15.7. The number of aromatic amines is 1. The van der Waals surface area contributed by atoms with Crippen LogP contribution in [0.4, 0.5) is 0 Å². The number of esters is 1. The van der Waals surface area contributed by atoms with Gasteiger partial charge in [0.15, 0.2) is 5.82 Å². The Morgan fingerprint density at radius 1 is 1.03 bits per heavy atom. The molecule has 8 heteroatoms. The van der Waals surface area contributed by atoms with Gasteiger partial charge in [0.1, 0.15) is 17.9 Å². The summed E-state index contributed by atoms with van der Waals surface area (Å²) >= 11 is 0. The maximum absolute atomic E-state index is 13.1. The predicted octanol–water partition coefficient (Wildman–Crippen LogP) is 3.78. The number of rotatable bonds is 6. The van der Waals surface area contributed by atoms with E-state index in [4.69, 9.17) is 9.15 Å². The average molecular weight is 426 g/mol. The van der Waals surface area contributed by atoms with Gasteiger partial charge in [-0.2, -0.15) is 5.10 Å². The highest BCUT2D eigenvalue weighted by molar-refractivity contribution is 5.95. The Morgan fingerprint density at radius 2 is 1.84 bits per heavy atom. The first kappa shape index (κ1) is 19.5. The zero-order chi connectivity index (χ0) is 21.9. The summed E-state index contributed by atoms with van der Waals surface area (Å²) in [6, 6.07) is 20.0. The molecule has 1 N–H and O–H groups in total. The van der Waals surface area contributed by atoms with Crippen molar-refractivity contribution >= 4 is 16.9 Å². The summed E-state index contributed by atoms with van der Waals surface area (Å²) < 4.78 is 12.4. The summed E-state index contributed by atoms with van der Waals surface area (Å²) in [5.74, 6) is 0.353. The van der Waals surface area contributed by atoms with Crippen molar-refractivity contribution in [1.82, 2.24) is 19.7 Å². The predicted molar refractivity (Wildman–Crippen MR) is 117 cm³/mol. The van der Waals surface area contributed by atoms with Crippen LogP contribution in [0.15, 0.2) is 88.4 Å². The number of ether oxygens (including phenoxy) is 1. The fraction of sp³-hybridized carbons (Fsp3) is 0.0833. The minimum absolute atomic E-state index is 0.178. The van der Waals surface area contributed by atoms with Crippen LogP contribution in [0.2, 0.25) is 0 Å². The van der Waals surface area contributed by atoms with Crippen LogP contribution in [-0.2, 0) is 17.9 Å². The van der Waals surface area contributed by atoms with Crippen LogP contribution in [-0.4, -0.2) is 25.7 Å². The second-order valence-corrected chi connectivity index (χ2v) is 7.12. The molecule has 3 aromatic heterocycles. The molecule has 5 rings (SSSR count). The van der Waals surface area contributed by atoms with Gasteiger partial charge in [-0.25, -0.2) is 9.78 Å². The molecule has 8 nitrogen and oxygen atoms in total. The maximum atomic E-state index is 13.1. The third-order valence-corrected chi connectivity index (χ3v) is 5.09. The van der Waals surface area contributed by atoms with Crippen molar-refractivity contribution in [3.63, 3.8) is 0 Å². The van der Waals surface area contributed by atoms with E-state index >= 15 is 0 Å². The van der Waals surface area contributed by atoms with Crippen molar-refractivity contribution in [2.45, 2.75) is 13.2 Å². The minimum atomic E-state index is -0.565. The number of furan rings is 1. The Morgan fingerprint density at radius 3 is 2.66 bits per heavy atom. The van der Waals surface area contributed by atoms with E-state index in [-0.39, 0.29) is 18.7 Å². The van der Waals surface area contributed by atoms with Crippen molar-refractivity contribution in [3.05, 3.63) is 107 Å². The lowest BCUT2D eigenvalue weighted by Crippen LogP contribution is -2.26. The molecule has 0 bridgehead atoms. The molecule has 0 saturated heterocycles. The van der Waals surface area contributed by atoms with Crippen LogP contribution < -0.4 is 5.56 Å². The van der Waals surface area contributed by atoms with Gasteiger partial charge in [-0.1, -0.05) is 42.5 Å². The maximum Gasteiger partial charge on any atom is 0.342 e. The summed E-state index contributed by atoms with van der Waals surface area (Å²) in [5, 5.41) is 7.31. The van der Waals surface area contributed by atoms with E-state index in [1.807, 2.05) is 30.3 Å². The lowest BCUT2D eigenvalue weighted by Gasteiger charge is -2.13. The van der Waals surface area contributed by atoms with E-state index in [0.717, 1.165) is 5.56 Å². The smallest absolute Gasteiger partial charge is 0.342 e. The van der Waals surface area contributed by atoms with Gasteiger partial charge in [-0.15, -0.1) is 0 Å². The summed E-state index contributed by atoms with van der Waals surface area (Å²) in [7, 11) is 0. The van der Waals surface area contributed by atoms with Gasteiger partial charge in [0.2, 0.25) is 0 Å². The lowest BCUT2D eigenvalue weighted by molar-refractivity contribution is 0.0458. The van der Waals surface area contributed by atoms with Crippen molar-refractivity contribution in [3.8, 4) is 11.3 Å². The zero-order valence-corrected chi connectivity index (χ0v) is 16.9. The van der Waals surface area contributed by atoms with Crippen molar-refractivity contribution in [2.24, 2.45) is 0 Å². The first-order valence-electron chi connectivity index (χ1n) is 9.97. The Bertz CT molecular complexity index is 1440. The van der Waals surface area contributed by atoms with Crippen LogP contribution in [0.1, 0.15) is 21.9 Å². The molecule has 158 valence electrons. The Kier molecular flexibility index (Phi) is 5.09. The van der Waals surface area contributed by atoms with Gasteiger partial charge < -0.3 is 9.15 Å². The van der Waals surface area contributed by atoms with Crippen LogP contribution >= 0.6 is 0 Å². The number of nitrogens with one attached hydrogen (secondary N) is 1. The first-order valence-corrected chi connectivity index (χ1v) is 9.97. The highest BCUT2D eigenvalue weighted by Gasteiger charge is 2.19. The second kappa shape index (κ2) is 8.35. The van der Waals surface area contributed by atoms with Crippen LogP contribution in [0.25, 0.3) is 22.2 Å². The summed E-state index contributed by atoms with van der Waals surface area (Å²) in [6.45, 7) is -0.00342. The Balaban J connectivity index is 1.46. The molecular formula is C24H18N4O4. The van der Waals surface area contributed by atoms with Crippen LogP contribution in [0.3, 0.4) is 0 Å². The van der Waals surface area contributed by atoms with E-state index in [1.165, 1.54) is 10.8 Å². The molecule has 0 aliphatic heterocycles. The molecular weight excluding hydrogens is 408 g/mol. The number of nitrogens with zero attached hydrogens (tertiary/aromatic N) is 3. The number of H-pyrrole nitrogens is 1. The molecule has 0 fully saturated rings. The number of para-hydroxylation sites is 1. The largest absolute Gasteiger partial charge is 0.467 e. The highest BCUT2D eigenvalue weighted by Crippen LogP contribution is 2.21. The third-order valence-electron chi connectivity index (χ3n) is 5.09. The summed E-state index contributed by atoms with van der Waals surface area (Å²) in [5.41, 5.74) is 1.99. The van der Waals surface area contributed by atoms with E-state index in [9.17, 15) is 9.59 Å². The van der Waals surface area contributed by atoms with E-state index in [2.05, 4.69) is 15.2 Å². The van der Waals surface area contributed by atoms with Gasteiger partial charge in [0, 0.05) is 5.56 Å².